The Balaban J connectivity index is 0.000000207. The van der Waals surface area contributed by atoms with Crippen molar-refractivity contribution in [2.45, 2.75) is 66.6 Å². The van der Waals surface area contributed by atoms with Gasteiger partial charge in [0.1, 0.15) is 152 Å². The lowest BCUT2D eigenvalue weighted by Gasteiger charge is -2.19. The molecule has 0 aliphatic heterocycles. The maximum atomic E-state index is 12.5. The number of aryl methyl sites for hydroxylation is 2. The minimum atomic E-state index is -0.638. The molecule has 17 N–H and O–H groups in total. The molecule has 0 saturated carbocycles. The van der Waals surface area contributed by atoms with Gasteiger partial charge in [-0.2, -0.15) is 19.6 Å². The lowest BCUT2D eigenvalue weighted by atomic mass is 10.1. The third kappa shape index (κ3) is 36.6. The first-order valence-corrected chi connectivity index (χ1v) is 43.7. The van der Waals surface area contributed by atoms with E-state index in [1.54, 1.807) is 183 Å². The van der Waals surface area contributed by atoms with Crippen molar-refractivity contribution in [2.24, 2.45) is 0 Å². The van der Waals surface area contributed by atoms with Crippen LogP contribution in [-0.4, -0.2) is 182 Å². The summed E-state index contributed by atoms with van der Waals surface area (Å²) in [4.78, 5) is 102. The molecule has 50 heteroatoms. The summed E-state index contributed by atoms with van der Waals surface area (Å²) in [6.45, 7) is 14.2. The van der Waals surface area contributed by atoms with Gasteiger partial charge in [-0.25, -0.2) is 84.3 Å². The van der Waals surface area contributed by atoms with Crippen LogP contribution in [0.2, 0.25) is 30.3 Å². The van der Waals surface area contributed by atoms with Crippen LogP contribution in [0.3, 0.4) is 0 Å². The van der Waals surface area contributed by atoms with Crippen LogP contribution in [0.1, 0.15) is 63.8 Å². The Labute approximate surface area is 844 Å². The molecular weight excluding hydrogens is 2010 g/mol. The molecule has 0 aliphatic carbocycles. The number of nitrogens with two attached hydrogens (primary N) is 3. The fourth-order valence-electron chi connectivity index (χ4n) is 11.1. The molecule has 0 spiro atoms. The first kappa shape index (κ1) is 110. The Hall–Kier alpha value is -16.4. The molecule has 43 nitrogen and oxygen atoms in total. The van der Waals surface area contributed by atoms with Crippen LogP contribution >= 0.6 is 85.5 Å². The summed E-state index contributed by atoms with van der Waals surface area (Å²) in [6, 6.07) is 40.2. The molecule has 0 bridgehead atoms. The number of carboxylic acid groups (broad SMARTS) is 2. The normalized spacial score (nSPS) is 10.3. The number of nitrogen functional groups attached to an aromatic ring is 3. The van der Waals surface area contributed by atoms with Crippen molar-refractivity contribution in [2.75, 3.05) is 82.9 Å². The highest BCUT2D eigenvalue weighted by molar-refractivity contribution is 9.10. The molecule has 141 heavy (non-hydrogen) atoms. The lowest BCUT2D eigenvalue weighted by Crippen LogP contribution is -2.27. The van der Waals surface area contributed by atoms with Gasteiger partial charge in [-0.1, -0.05) is 69.6 Å². The third-order valence-electron chi connectivity index (χ3n) is 17.2. The molecule has 0 radical (unpaired) electrons. The number of ether oxygens (including phenoxy) is 6. The van der Waals surface area contributed by atoms with Gasteiger partial charge in [0.05, 0.1) is 98.5 Å². The maximum Gasteiger partial charge on any atom is 0.435 e. The number of hydrogen-bond acceptors (Lipinski definition) is 39. The predicted octanol–water partition coefficient (Wildman–Crippen LogP) is 20.7. The number of nitrogens with one attached hydrogen (secondary N) is 9. The molecule has 0 aliphatic rings. The minimum absolute atomic E-state index is 0.250. The van der Waals surface area contributed by atoms with E-state index >= 15 is 0 Å². The Morgan fingerprint density at radius 2 is 0.645 bits per heavy atom. The molecular formula is C91H92BrCl6N31O12. The van der Waals surface area contributed by atoms with Crippen LogP contribution in [0, 0.1) is 24.7 Å². The van der Waals surface area contributed by atoms with E-state index in [0.29, 0.717) is 163 Å². The highest BCUT2D eigenvalue weighted by Crippen LogP contribution is 2.37. The number of nitrogens with zero attached hydrogens (tertiary/aromatic N) is 19. The van der Waals surface area contributed by atoms with Gasteiger partial charge in [-0.3, -0.25) is 9.59 Å². The number of aromatic nitrogens is 19. The minimum Gasteiger partial charge on any atom is -0.495 e. The zero-order valence-electron chi connectivity index (χ0n) is 76.9. The van der Waals surface area contributed by atoms with Crippen molar-refractivity contribution in [3.63, 3.8) is 0 Å². The van der Waals surface area contributed by atoms with Crippen molar-refractivity contribution < 1.29 is 57.8 Å². The van der Waals surface area contributed by atoms with E-state index in [1.807, 2.05) is 71.0 Å². The fraction of sp³-hybridized carbons (Fsp3) is 0.154. The van der Waals surface area contributed by atoms with Crippen LogP contribution in [-0.2, 0) is 19.1 Å². The number of anilines is 17. The molecule has 0 amide bonds. The van der Waals surface area contributed by atoms with Crippen molar-refractivity contribution in [1.29, 1.82) is 10.8 Å². The molecule has 0 unspecified atom stereocenters. The summed E-state index contributed by atoms with van der Waals surface area (Å²) in [7, 11) is 6.31. The van der Waals surface area contributed by atoms with E-state index in [1.165, 1.54) is 65.7 Å². The molecule has 12 heterocycles. The average molecular weight is 2100 g/mol. The number of rotatable bonds is 20. The Morgan fingerprint density at radius 3 is 0.929 bits per heavy atom. The van der Waals surface area contributed by atoms with Gasteiger partial charge < -0.3 is 104 Å². The van der Waals surface area contributed by atoms with E-state index in [-0.39, 0.29) is 12.9 Å². The van der Waals surface area contributed by atoms with Crippen LogP contribution in [0.4, 0.5) is 108 Å². The zero-order valence-corrected chi connectivity index (χ0v) is 83.0. The van der Waals surface area contributed by atoms with Crippen LogP contribution < -0.4 is 73.4 Å². The molecule has 16 aromatic rings. The van der Waals surface area contributed by atoms with Crippen molar-refractivity contribution in [3.8, 4) is 23.0 Å². The van der Waals surface area contributed by atoms with E-state index in [0.717, 1.165) is 37.5 Å². The van der Waals surface area contributed by atoms with Crippen molar-refractivity contribution in [3.05, 3.63) is 272 Å². The summed E-state index contributed by atoms with van der Waals surface area (Å²) in [5, 5.41) is 63.8. The summed E-state index contributed by atoms with van der Waals surface area (Å²) < 4.78 is 35.6. The van der Waals surface area contributed by atoms with Gasteiger partial charge >= 0.3 is 12.2 Å². The van der Waals surface area contributed by atoms with E-state index in [2.05, 4.69) is 138 Å². The SMILES string of the molecule is COc1cc(C)c(C=N)cc1Nc1cc(Nc2ccc(Cl)cn2)ncn1.COc1cc(C)c(C=N)cc1Nc1cc(Nc2ccc(Cl)cn2)ncn1.COc1cc2c(cnn2C(=O)OC(C)(C)C)cc1Br.COc1cc2c(cnn2C(=O)OC(C)(C)C)cc1Nc1cc(Nc2ccc(Cl)cn2)ncn1.Clc1ccc(Cl)nc1.Nc1cc(N)ncn1.Nc1cc(Nc2ccc(Cl)cn2)ncn1.O=CO.O=CO. The average Bonchev–Trinajstić information content (AvgIpc) is 1.65. The van der Waals surface area contributed by atoms with Crippen LogP contribution in [0.5, 0.6) is 23.0 Å². The van der Waals surface area contributed by atoms with Crippen LogP contribution in [0.25, 0.3) is 21.8 Å². The fourth-order valence-corrected chi connectivity index (χ4v) is 12.2. The highest BCUT2D eigenvalue weighted by atomic mass is 79.9. The number of pyridine rings is 5. The zero-order chi connectivity index (χ0) is 103. The van der Waals surface area contributed by atoms with Crippen molar-refractivity contribution >= 4 is 243 Å². The van der Waals surface area contributed by atoms with E-state index in [9.17, 15) is 9.59 Å². The Bertz CT molecular complexity index is 6650. The molecule has 732 valence electrons. The second kappa shape index (κ2) is 54.5. The standard InChI is InChI=1S/C22H22ClN7O3.2C18H17ClN6O.C13H15BrN2O3.C9H8ClN5.C5H3Cl2N.C4H6N4.2CH2O2/c1-22(2,3)33-21(31)30-16-8-17(32-4)15(7-13(16)10-27-30)28-19-9-20(26-12-25-19)29-18-6-5-14(23)11-24-18;2*1-11-5-15(26-2)14(6-12(11)8-20)24-17-7-18(23-10-22-17)25-16-4-3-13(19)9-21-16;1-13(2,3)19-12(17)16-10-6-11(18-4)9(14)5-8(10)7-15-16;10-6-1-2-8(12-4-6)15-9-3-7(11)13-5-14-9;6-4-1-2-5(7)8-3-4;5-3-1-4(6)8-2-7-3;2*2-1-3/h5-12H,1-4H3,(H2,24,25,26,28,29);2*3-10,20H,1-2H3,(H2,21,22,23,24,25);5-7H,1-4H3;1-5H,(H3,11,12,13,14,15);1-3H;1-2H,(H4,5,6,7,8);2*1H,(H,2,3). The van der Waals surface area contributed by atoms with Gasteiger partial charge in [0.2, 0.25) is 0 Å². The second-order valence-corrected chi connectivity index (χ2v) is 33.2. The number of carbonyl (C=O) groups excluding carboxylic acids is 2. The first-order chi connectivity index (χ1) is 67.3. The topological polar surface area (TPSA) is 603 Å². The monoisotopic (exact) mass is 2100 g/mol. The molecule has 12 aromatic heterocycles. The number of benzene rings is 4. The van der Waals surface area contributed by atoms with E-state index < -0.39 is 23.4 Å². The van der Waals surface area contributed by atoms with Gasteiger partial charge in [-0.05, 0) is 191 Å². The summed E-state index contributed by atoms with van der Waals surface area (Å²) in [5.41, 5.74) is 21.6. The van der Waals surface area contributed by atoms with Crippen molar-refractivity contribution in [1.82, 2.24) is 94.3 Å². The van der Waals surface area contributed by atoms with Gasteiger partial charge in [0.15, 0.2) is 0 Å². The molecule has 16 rings (SSSR count). The molecule has 0 atom stereocenters. The summed E-state index contributed by atoms with van der Waals surface area (Å²) in [6.07, 6.45) is 19.5. The van der Waals surface area contributed by atoms with Gasteiger partial charge in [-0.15, -0.1) is 0 Å². The molecule has 4 aromatic carbocycles. The van der Waals surface area contributed by atoms with Gasteiger partial charge in [0.25, 0.3) is 12.9 Å². The van der Waals surface area contributed by atoms with Gasteiger partial charge in [0, 0.05) is 96.7 Å². The van der Waals surface area contributed by atoms with Crippen LogP contribution in [0.15, 0.2) is 219 Å². The lowest BCUT2D eigenvalue weighted by molar-refractivity contribution is -0.123. The number of carbonyl (C=O) groups is 4. The summed E-state index contributed by atoms with van der Waals surface area (Å²) >= 11 is 37.6. The number of methoxy groups -OCH3 is 4. The molecule has 0 saturated heterocycles. The van der Waals surface area contributed by atoms with E-state index in [4.69, 9.17) is 146 Å². The Kier molecular flexibility index (Phi) is 42.5. The molecule has 0 fully saturated rings. The predicted molar refractivity (Wildman–Crippen MR) is 550 cm³/mol. The quantitative estimate of drug-likeness (QED) is 0.0191. The summed E-state index contributed by atoms with van der Waals surface area (Å²) in [5.74, 6) is 10.1. The Morgan fingerprint density at radius 1 is 0.362 bits per heavy atom. The third-order valence-corrected chi connectivity index (χ3v) is 19.1. The number of hydrogen-bond donors (Lipinski definition) is 14. The first-order valence-electron chi connectivity index (χ1n) is 40.6. The number of fused-ring (bicyclic) bond motifs is 2. The highest BCUT2D eigenvalue weighted by Gasteiger charge is 2.24. The second-order valence-electron chi connectivity index (χ2n) is 29.7. The maximum absolute atomic E-state index is 12.5. The largest absolute Gasteiger partial charge is 0.495 e. The number of halogens is 7. The smallest absolute Gasteiger partial charge is 0.435 e.